The highest BCUT2D eigenvalue weighted by atomic mass is 32.1. The molecule has 2 aromatic heterocycles. The SMILES string of the molecule is Cc1cc(O)ccc1Nc1ncnc2sc3c(c12)CCC(C)C3. The van der Waals surface area contributed by atoms with Gasteiger partial charge in [0.1, 0.15) is 22.7 Å². The Labute approximate surface area is 139 Å². The molecule has 0 aliphatic heterocycles. The van der Waals surface area contributed by atoms with Crippen molar-refractivity contribution in [3.8, 4) is 5.75 Å². The summed E-state index contributed by atoms with van der Waals surface area (Å²) in [6.45, 7) is 4.29. The Morgan fingerprint density at radius 2 is 2.17 bits per heavy atom. The zero-order valence-electron chi connectivity index (χ0n) is 13.3. The number of rotatable bonds is 2. The molecule has 0 saturated carbocycles. The molecule has 0 saturated heterocycles. The summed E-state index contributed by atoms with van der Waals surface area (Å²) in [5.41, 5.74) is 3.38. The van der Waals surface area contributed by atoms with E-state index in [9.17, 15) is 5.11 Å². The van der Waals surface area contributed by atoms with Gasteiger partial charge in [0.15, 0.2) is 0 Å². The second-order valence-electron chi connectivity index (χ2n) is 6.38. The highest BCUT2D eigenvalue weighted by Gasteiger charge is 2.23. The molecule has 1 aromatic carbocycles. The molecule has 23 heavy (non-hydrogen) atoms. The molecular formula is C18H19N3OS. The van der Waals surface area contributed by atoms with E-state index in [0.29, 0.717) is 0 Å². The van der Waals surface area contributed by atoms with Crippen molar-refractivity contribution in [2.45, 2.75) is 33.1 Å². The van der Waals surface area contributed by atoms with Gasteiger partial charge in [0.2, 0.25) is 0 Å². The van der Waals surface area contributed by atoms with Gasteiger partial charge >= 0.3 is 0 Å². The van der Waals surface area contributed by atoms with Crippen LogP contribution < -0.4 is 5.32 Å². The number of anilines is 2. The van der Waals surface area contributed by atoms with Crippen LogP contribution >= 0.6 is 11.3 Å². The molecular weight excluding hydrogens is 306 g/mol. The fourth-order valence-electron chi connectivity index (χ4n) is 3.29. The fourth-order valence-corrected chi connectivity index (χ4v) is 4.64. The number of aryl methyl sites for hydroxylation is 2. The maximum Gasteiger partial charge on any atom is 0.142 e. The Bertz CT molecular complexity index is 887. The molecule has 118 valence electrons. The molecule has 0 radical (unpaired) electrons. The standard InChI is InChI=1S/C18H19N3OS/c1-10-3-5-13-15(7-10)23-18-16(13)17(19-9-20-18)21-14-6-4-12(22)8-11(14)2/h4,6,8-10,22H,3,5,7H2,1-2H3,(H,19,20,21). The first kappa shape index (κ1) is 14.5. The molecule has 0 spiro atoms. The molecule has 2 heterocycles. The second kappa shape index (κ2) is 5.49. The predicted octanol–water partition coefficient (Wildman–Crippen LogP) is 4.57. The zero-order valence-corrected chi connectivity index (χ0v) is 14.1. The van der Waals surface area contributed by atoms with Crippen LogP contribution in [0.4, 0.5) is 11.5 Å². The van der Waals surface area contributed by atoms with Crippen molar-refractivity contribution in [3.63, 3.8) is 0 Å². The lowest BCUT2D eigenvalue weighted by Crippen LogP contribution is -2.09. The lowest BCUT2D eigenvalue weighted by molar-refractivity contribution is 0.475. The molecule has 4 rings (SSSR count). The molecule has 1 aliphatic carbocycles. The van der Waals surface area contributed by atoms with Crippen molar-refractivity contribution in [2.24, 2.45) is 5.92 Å². The van der Waals surface area contributed by atoms with Crippen molar-refractivity contribution < 1.29 is 5.11 Å². The van der Waals surface area contributed by atoms with Gasteiger partial charge in [0.25, 0.3) is 0 Å². The summed E-state index contributed by atoms with van der Waals surface area (Å²) >= 11 is 1.80. The molecule has 3 aromatic rings. The molecule has 4 nitrogen and oxygen atoms in total. The minimum Gasteiger partial charge on any atom is -0.508 e. The van der Waals surface area contributed by atoms with E-state index in [2.05, 4.69) is 22.2 Å². The number of nitrogens with one attached hydrogen (secondary N) is 1. The molecule has 0 amide bonds. The molecule has 5 heteroatoms. The number of benzene rings is 1. The number of thiophene rings is 1. The number of phenolic OH excluding ortho intramolecular Hbond substituents is 1. The number of fused-ring (bicyclic) bond motifs is 3. The first-order chi connectivity index (χ1) is 11.1. The Kier molecular flexibility index (Phi) is 3.45. The summed E-state index contributed by atoms with van der Waals surface area (Å²) < 4.78 is 0. The van der Waals surface area contributed by atoms with Gasteiger partial charge in [-0.3, -0.25) is 0 Å². The van der Waals surface area contributed by atoms with Crippen LogP contribution in [0.15, 0.2) is 24.5 Å². The minimum atomic E-state index is 0.280. The van der Waals surface area contributed by atoms with Crippen LogP contribution in [-0.2, 0) is 12.8 Å². The van der Waals surface area contributed by atoms with Crippen molar-refractivity contribution >= 4 is 33.1 Å². The van der Waals surface area contributed by atoms with Gasteiger partial charge in [-0.25, -0.2) is 9.97 Å². The van der Waals surface area contributed by atoms with E-state index in [-0.39, 0.29) is 5.75 Å². The van der Waals surface area contributed by atoms with Gasteiger partial charge < -0.3 is 10.4 Å². The highest BCUT2D eigenvalue weighted by molar-refractivity contribution is 7.19. The van der Waals surface area contributed by atoms with Crippen molar-refractivity contribution in [2.75, 3.05) is 5.32 Å². The van der Waals surface area contributed by atoms with Gasteiger partial charge in [-0.2, -0.15) is 0 Å². The van der Waals surface area contributed by atoms with E-state index >= 15 is 0 Å². The Morgan fingerprint density at radius 3 is 3.00 bits per heavy atom. The van der Waals surface area contributed by atoms with Crippen LogP contribution in [0.2, 0.25) is 0 Å². The monoisotopic (exact) mass is 325 g/mol. The van der Waals surface area contributed by atoms with Crippen LogP contribution in [0, 0.1) is 12.8 Å². The summed E-state index contributed by atoms with van der Waals surface area (Å²) in [6, 6.07) is 5.34. The molecule has 2 N–H and O–H groups in total. The van der Waals surface area contributed by atoms with Crippen LogP contribution in [0.5, 0.6) is 5.75 Å². The number of phenols is 1. The average Bonchev–Trinajstić information content (AvgIpc) is 2.88. The molecule has 1 unspecified atom stereocenters. The van der Waals surface area contributed by atoms with Gasteiger partial charge in [0.05, 0.1) is 5.39 Å². The van der Waals surface area contributed by atoms with Crippen LogP contribution in [0.3, 0.4) is 0 Å². The lowest BCUT2D eigenvalue weighted by Gasteiger charge is -2.18. The largest absolute Gasteiger partial charge is 0.508 e. The average molecular weight is 325 g/mol. The lowest BCUT2D eigenvalue weighted by atomic mass is 9.89. The zero-order chi connectivity index (χ0) is 16.0. The van der Waals surface area contributed by atoms with Crippen LogP contribution in [0.1, 0.15) is 29.3 Å². The van der Waals surface area contributed by atoms with E-state index in [1.807, 2.05) is 13.0 Å². The third kappa shape index (κ3) is 2.55. The van der Waals surface area contributed by atoms with Crippen molar-refractivity contribution in [1.29, 1.82) is 0 Å². The number of hydrogen-bond donors (Lipinski definition) is 2. The Balaban J connectivity index is 1.81. The van der Waals surface area contributed by atoms with E-state index < -0.39 is 0 Å². The molecule has 1 aliphatic rings. The second-order valence-corrected chi connectivity index (χ2v) is 7.46. The first-order valence-corrected chi connectivity index (χ1v) is 8.75. The number of aromatic nitrogens is 2. The van der Waals surface area contributed by atoms with Gasteiger partial charge in [-0.05, 0) is 61.4 Å². The van der Waals surface area contributed by atoms with Gasteiger partial charge in [-0.1, -0.05) is 6.92 Å². The summed E-state index contributed by atoms with van der Waals surface area (Å²) in [4.78, 5) is 11.5. The normalized spacial score (nSPS) is 17.2. The Morgan fingerprint density at radius 1 is 1.30 bits per heavy atom. The fraction of sp³-hybridized carbons (Fsp3) is 0.333. The van der Waals surface area contributed by atoms with Crippen LogP contribution in [0.25, 0.3) is 10.2 Å². The summed E-state index contributed by atoms with van der Waals surface area (Å²) in [5.74, 6) is 1.90. The predicted molar refractivity (Wildman–Crippen MR) is 94.7 cm³/mol. The topological polar surface area (TPSA) is 58.0 Å². The maximum atomic E-state index is 9.57. The smallest absolute Gasteiger partial charge is 0.142 e. The van der Waals surface area contributed by atoms with Crippen molar-refractivity contribution in [1.82, 2.24) is 9.97 Å². The summed E-state index contributed by atoms with van der Waals surface area (Å²) in [5, 5.41) is 14.2. The quantitative estimate of drug-likeness (QED) is 0.677. The minimum absolute atomic E-state index is 0.280. The van der Waals surface area contributed by atoms with E-state index in [1.165, 1.54) is 22.2 Å². The van der Waals surface area contributed by atoms with Gasteiger partial charge in [-0.15, -0.1) is 11.3 Å². The third-order valence-corrected chi connectivity index (χ3v) is 5.72. The van der Waals surface area contributed by atoms with Crippen molar-refractivity contribution in [3.05, 3.63) is 40.5 Å². The summed E-state index contributed by atoms with van der Waals surface area (Å²) in [7, 11) is 0. The molecule has 0 fully saturated rings. The number of hydrogen-bond acceptors (Lipinski definition) is 5. The Hall–Kier alpha value is -2.14. The highest BCUT2D eigenvalue weighted by Crippen LogP contribution is 2.40. The molecule has 0 bridgehead atoms. The van der Waals surface area contributed by atoms with E-state index in [1.54, 1.807) is 29.8 Å². The molecule has 1 atom stereocenters. The third-order valence-electron chi connectivity index (χ3n) is 4.55. The number of aromatic hydroxyl groups is 1. The van der Waals surface area contributed by atoms with Crippen LogP contribution in [-0.4, -0.2) is 15.1 Å². The maximum absolute atomic E-state index is 9.57. The van der Waals surface area contributed by atoms with E-state index in [0.717, 1.165) is 40.7 Å². The van der Waals surface area contributed by atoms with Gasteiger partial charge in [0, 0.05) is 10.6 Å². The summed E-state index contributed by atoms with van der Waals surface area (Å²) in [6.07, 6.45) is 5.11. The first-order valence-electron chi connectivity index (χ1n) is 7.93. The number of nitrogens with zero attached hydrogens (tertiary/aromatic N) is 2. The van der Waals surface area contributed by atoms with E-state index in [4.69, 9.17) is 0 Å².